The van der Waals surface area contributed by atoms with Crippen molar-refractivity contribution in [3.8, 4) is 17.1 Å². The Balaban J connectivity index is 1.55. The van der Waals surface area contributed by atoms with E-state index in [-0.39, 0.29) is 23.4 Å². The van der Waals surface area contributed by atoms with Crippen molar-refractivity contribution < 1.29 is 23.6 Å². The zero-order valence-corrected chi connectivity index (χ0v) is 25.1. The summed E-state index contributed by atoms with van der Waals surface area (Å²) < 4.78 is 19.1. The number of aryl methyl sites for hydroxylation is 1. The highest BCUT2D eigenvalue weighted by Crippen LogP contribution is 2.40. The molecule has 0 fully saturated rings. The van der Waals surface area contributed by atoms with Crippen molar-refractivity contribution in [1.29, 1.82) is 0 Å². The molecule has 3 aromatic carbocycles. The molecule has 0 radical (unpaired) electrons. The van der Waals surface area contributed by atoms with E-state index < -0.39 is 16.9 Å². The number of hydrogen-bond donors (Lipinski definition) is 0. The molecule has 2 aromatic heterocycles. The maximum absolute atomic E-state index is 14.2. The Kier molecular flexibility index (Phi) is 7.48. The van der Waals surface area contributed by atoms with Crippen LogP contribution >= 0.6 is 11.3 Å². The van der Waals surface area contributed by atoms with Gasteiger partial charge in [-0.15, -0.1) is 0 Å². The van der Waals surface area contributed by atoms with Gasteiger partial charge in [0.1, 0.15) is 23.3 Å². The average Bonchev–Trinajstić information content (AvgIpc) is 3.59. The Bertz CT molecular complexity index is 2190. The number of methoxy groups -OCH3 is 1. The van der Waals surface area contributed by atoms with Crippen LogP contribution in [0, 0.1) is 17.0 Å². The topological polar surface area (TPSA) is 126 Å². The molecule has 3 heterocycles. The smallest absolute Gasteiger partial charge is 0.338 e. The Morgan fingerprint density at radius 3 is 2.68 bits per heavy atom. The monoisotopic (exact) mass is 609 g/mol. The van der Waals surface area contributed by atoms with E-state index in [1.54, 1.807) is 45.2 Å². The number of allylic oxidation sites excluding steroid dienone is 1. The molecule has 0 saturated heterocycles. The number of nitro groups is 1. The number of benzene rings is 3. The van der Waals surface area contributed by atoms with Crippen LogP contribution in [0.15, 0.2) is 92.2 Å². The first-order valence-corrected chi connectivity index (χ1v) is 14.6. The number of aromatic nitrogens is 1. The van der Waals surface area contributed by atoms with Crippen molar-refractivity contribution in [2.75, 3.05) is 13.7 Å². The molecule has 0 bridgehead atoms. The van der Waals surface area contributed by atoms with Gasteiger partial charge in [-0.2, -0.15) is 0 Å². The van der Waals surface area contributed by atoms with Crippen molar-refractivity contribution in [2.24, 2.45) is 4.99 Å². The lowest BCUT2D eigenvalue weighted by atomic mass is 9.90. The molecule has 1 unspecified atom stereocenters. The highest BCUT2D eigenvalue weighted by Gasteiger charge is 2.36. The summed E-state index contributed by atoms with van der Waals surface area (Å²) in [6.45, 7) is 5.45. The van der Waals surface area contributed by atoms with Gasteiger partial charge in [-0.1, -0.05) is 47.7 Å². The minimum atomic E-state index is -0.867. The van der Waals surface area contributed by atoms with Crippen LogP contribution in [0.25, 0.3) is 28.2 Å². The van der Waals surface area contributed by atoms with E-state index in [0.29, 0.717) is 43.4 Å². The highest BCUT2D eigenvalue weighted by atomic mass is 32.1. The Hall–Kier alpha value is -5.29. The molecular formula is C33H27N3O7S. The quantitative estimate of drug-likeness (QED) is 0.137. The lowest BCUT2D eigenvalue weighted by Crippen LogP contribution is -2.40. The standard InChI is InChI=1S/C33H27N3O7S/c1-5-42-32(38)28-19(3)34-33-35(30(28)29-23-9-7-6-8-20(23)11-14-26(29)41-4)31(37)27(44-33)17-22-13-15-25(43-22)24-16-21(36(39)40)12-10-18(24)2/h6-17,30H,5H2,1-4H3/b27-17-. The molecule has 0 spiro atoms. The lowest BCUT2D eigenvalue weighted by Gasteiger charge is -2.27. The van der Waals surface area contributed by atoms with Crippen LogP contribution in [0.5, 0.6) is 5.75 Å². The third-order valence-electron chi connectivity index (χ3n) is 7.54. The molecule has 0 N–H and O–H groups in total. The Morgan fingerprint density at radius 2 is 1.93 bits per heavy atom. The van der Waals surface area contributed by atoms with Crippen LogP contribution in [0.2, 0.25) is 0 Å². The van der Waals surface area contributed by atoms with Gasteiger partial charge in [0.05, 0.1) is 34.4 Å². The van der Waals surface area contributed by atoms with E-state index in [1.807, 2.05) is 43.3 Å². The lowest BCUT2D eigenvalue weighted by molar-refractivity contribution is -0.384. The second kappa shape index (κ2) is 11.4. The number of ether oxygens (including phenoxy) is 2. The zero-order valence-electron chi connectivity index (χ0n) is 24.3. The molecule has 0 aliphatic carbocycles. The third-order valence-corrected chi connectivity index (χ3v) is 8.52. The summed E-state index contributed by atoms with van der Waals surface area (Å²) >= 11 is 1.17. The minimum Gasteiger partial charge on any atom is -0.496 e. The maximum atomic E-state index is 14.2. The maximum Gasteiger partial charge on any atom is 0.338 e. The molecule has 1 atom stereocenters. The number of nitrogens with zero attached hydrogens (tertiary/aromatic N) is 3. The van der Waals surface area contributed by atoms with Gasteiger partial charge in [-0.3, -0.25) is 19.5 Å². The van der Waals surface area contributed by atoms with Gasteiger partial charge in [0, 0.05) is 29.3 Å². The number of nitro benzene ring substituents is 1. The minimum absolute atomic E-state index is 0.0477. The van der Waals surface area contributed by atoms with Crippen LogP contribution < -0.4 is 19.6 Å². The molecule has 0 amide bonds. The van der Waals surface area contributed by atoms with Crippen molar-refractivity contribution >= 4 is 39.8 Å². The highest BCUT2D eigenvalue weighted by molar-refractivity contribution is 7.07. The summed E-state index contributed by atoms with van der Waals surface area (Å²) in [5.41, 5.74) is 2.32. The van der Waals surface area contributed by atoms with Crippen LogP contribution in [0.4, 0.5) is 5.69 Å². The van der Waals surface area contributed by atoms with Crippen molar-refractivity contribution in [1.82, 2.24) is 4.57 Å². The van der Waals surface area contributed by atoms with Crippen LogP contribution in [0.3, 0.4) is 0 Å². The SMILES string of the molecule is CCOC(=O)C1=C(C)N=c2s/c(=C\c3ccc(-c4cc([N+](=O)[O-])ccc4C)o3)c(=O)n2C1c1c(OC)ccc2ccccc12. The van der Waals surface area contributed by atoms with E-state index in [1.165, 1.54) is 28.0 Å². The third kappa shape index (κ3) is 4.90. The summed E-state index contributed by atoms with van der Waals surface area (Å²) in [5.74, 6) is 0.773. The molecule has 5 aromatic rings. The number of carbonyl (C=O) groups excluding carboxylic acids is 1. The fraction of sp³-hybridized carbons (Fsp3) is 0.182. The van der Waals surface area contributed by atoms with Crippen molar-refractivity contribution in [3.63, 3.8) is 0 Å². The van der Waals surface area contributed by atoms with Gasteiger partial charge in [0.2, 0.25) is 0 Å². The predicted molar refractivity (Wildman–Crippen MR) is 166 cm³/mol. The van der Waals surface area contributed by atoms with Gasteiger partial charge in [-0.25, -0.2) is 9.79 Å². The Labute approximate surface area is 255 Å². The van der Waals surface area contributed by atoms with Crippen LogP contribution in [-0.2, 0) is 9.53 Å². The number of rotatable bonds is 7. The number of fused-ring (bicyclic) bond motifs is 2. The second-order valence-electron chi connectivity index (χ2n) is 10.2. The Morgan fingerprint density at radius 1 is 1.14 bits per heavy atom. The molecule has 1 aliphatic rings. The van der Waals surface area contributed by atoms with E-state index in [0.717, 1.165) is 16.3 Å². The average molecular weight is 610 g/mol. The normalized spacial score (nSPS) is 14.8. The van der Waals surface area contributed by atoms with Crippen molar-refractivity contribution in [2.45, 2.75) is 26.8 Å². The first-order chi connectivity index (χ1) is 21.2. The number of carbonyl (C=O) groups is 1. The fourth-order valence-electron chi connectivity index (χ4n) is 5.49. The zero-order chi connectivity index (χ0) is 31.1. The van der Waals surface area contributed by atoms with Gasteiger partial charge in [-0.05, 0) is 55.3 Å². The summed E-state index contributed by atoms with van der Waals surface area (Å²) in [4.78, 5) is 43.5. The molecule has 10 nitrogen and oxygen atoms in total. The van der Waals surface area contributed by atoms with Crippen LogP contribution in [0.1, 0.15) is 36.8 Å². The van der Waals surface area contributed by atoms with Gasteiger partial charge in [0.25, 0.3) is 11.2 Å². The molecule has 0 saturated carbocycles. The molecular weight excluding hydrogens is 582 g/mol. The summed E-state index contributed by atoms with van der Waals surface area (Å²) in [6.07, 6.45) is 1.61. The molecule has 6 rings (SSSR count). The first kappa shape index (κ1) is 28.8. The van der Waals surface area contributed by atoms with E-state index >= 15 is 0 Å². The number of furan rings is 1. The predicted octanol–water partition coefficient (Wildman–Crippen LogP) is 5.44. The molecule has 44 heavy (non-hydrogen) atoms. The summed E-state index contributed by atoms with van der Waals surface area (Å²) in [7, 11) is 1.55. The van der Waals surface area contributed by atoms with E-state index in [2.05, 4.69) is 4.99 Å². The number of hydrogen-bond acceptors (Lipinski definition) is 9. The van der Waals surface area contributed by atoms with E-state index in [9.17, 15) is 19.7 Å². The van der Waals surface area contributed by atoms with Gasteiger partial charge >= 0.3 is 5.97 Å². The molecule has 222 valence electrons. The first-order valence-electron chi connectivity index (χ1n) is 13.8. The van der Waals surface area contributed by atoms with Gasteiger partial charge in [0.15, 0.2) is 4.80 Å². The number of non-ortho nitro benzene ring substituents is 1. The van der Waals surface area contributed by atoms with Crippen LogP contribution in [-0.4, -0.2) is 29.2 Å². The van der Waals surface area contributed by atoms with Gasteiger partial charge < -0.3 is 13.9 Å². The fourth-order valence-corrected chi connectivity index (χ4v) is 6.52. The summed E-state index contributed by atoms with van der Waals surface area (Å²) in [6, 6.07) is 18.6. The molecule has 11 heteroatoms. The summed E-state index contributed by atoms with van der Waals surface area (Å²) in [5, 5.41) is 13.1. The second-order valence-corrected chi connectivity index (χ2v) is 11.2. The van der Waals surface area contributed by atoms with E-state index in [4.69, 9.17) is 13.9 Å². The molecule has 1 aliphatic heterocycles. The number of thiazole rings is 1. The number of esters is 1. The van der Waals surface area contributed by atoms with Crippen molar-refractivity contribution in [3.05, 3.63) is 125 Å². The largest absolute Gasteiger partial charge is 0.496 e.